The Kier molecular flexibility index (Phi) is 6.43. The maximum Gasteiger partial charge on any atom is 0.223 e. The largest absolute Gasteiger partial charge is 0.491 e. The molecule has 0 spiro atoms. The lowest BCUT2D eigenvalue weighted by molar-refractivity contribution is -0.122. The summed E-state index contributed by atoms with van der Waals surface area (Å²) >= 11 is 1.71. The fraction of sp³-hybridized carbons (Fsp3) is 0.462. The third kappa shape index (κ3) is 5.31. The molecule has 0 aliphatic heterocycles. The van der Waals surface area contributed by atoms with E-state index in [1.54, 1.807) is 23.9 Å². The molecule has 4 nitrogen and oxygen atoms in total. The highest BCUT2D eigenvalue weighted by Gasteiger charge is 2.07. The van der Waals surface area contributed by atoms with Gasteiger partial charge in [-0.1, -0.05) is 12.1 Å². The molecule has 1 atom stereocenters. The molecular weight excluding hydrogens is 248 g/mol. The average Bonchev–Trinajstić information content (AvgIpc) is 2.31. The van der Waals surface area contributed by atoms with E-state index in [9.17, 15) is 4.79 Å². The van der Waals surface area contributed by atoms with Crippen molar-refractivity contribution in [3.8, 4) is 5.75 Å². The molecule has 5 heteroatoms. The molecule has 1 aromatic rings. The number of anilines is 1. The highest BCUT2D eigenvalue weighted by Crippen LogP contribution is 2.19. The number of para-hydroxylation sites is 2. The van der Waals surface area contributed by atoms with Gasteiger partial charge in [0, 0.05) is 11.8 Å². The molecule has 1 aromatic carbocycles. The number of nitrogen functional groups attached to an aromatic ring is 1. The predicted octanol–water partition coefficient (Wildman–Crippen LogP) is 1.91. The lowest BCUT2D eigenvalue weighted by Crippen LogP contribution is -2.34. The Morgan fingerprint density at radius 1 is 1.50 bits per heavy atom. The Balaban J connectivity index is 2.25. The van der Waals surface area contributed by atoms with Crippen LogP contribution in [0.15, 0.2) is 24.3 Å². The molecule has 0 bridgehead atoms. The molecule has 3 N–H and O–H groups in total. The van der Waals surface area contributed by atoms with Crippen LogP contribution in [0, 0.1) is 0 Å². The van der Waals surface area contributed by atoms with E-state index in [4.69, 9.17) is 10.5 Å². The molecular formula is C13H20N2O2S. The molecule has 1 unspecified atom stereocenters. The molecule has 0 fully saturated rings. The lowest BCUT2D eigenvalue weighted by atomic mass is 10.3. The molecule has 18 heavy (non-hydrogen) atoms. The van der Waals surface area contributed by atoms with Crippen molar-refractivity contribution in [2.75, 3.05) is 24.3 Å². The fourth-order valence-electron chi connectivity index (χ4n) is 1.50. The van der Waals surface area contributed by atoms with Crippen molar-refractivity contribution in [2.45, 2.75) is 19.4 Å². The number of rotatable bonds is 7. The van der Waals surface area contributed by atoms with Crippen molar-refractivity contribution in [1.29, 1.82) is 0 Å². The minimum absolute atomic E-state index is 0.00560. The van der Waals surface area contributed by atoms with E-state index in [0.29, 0.717) is 24.5 Å². The molecule has 1 amide bonds. The summed E-state index contributed by atoms with van der Waals surface area (Å²) in [4.78, 5) is 11.6. The van der Waals surface area contributed by atoms with Gasteiger partial charge in [0.15, 0.2) is 0 Å². The third-order valence-corrected chi connectivity index (χ3v) is 3.16. The number of hydrogen-bond acceptors (Lipinski definition) is 4. The molecule has 0 aliphatic carbocycles. The van der Waals surface area contributed by atoms with E-state index in [1.165, 1.54) is 0 Å². The number of benzene rings is 1. The van der Waals surface area contributed by atoms with Crippen LogP contribution in [0.2, 0.25) is 0 Å². The molecule has 0 heterocycles. The van der Waals surface area contributed by atoms with E-state index < -0.39 is 0 Å². The van der Waals surface area contributed by atoms with Gasteiger partial charge in [0.25, 0.3) is 0 Å². The summed E-state index contributed by atoms with van der Waals surface area (Å²) in [5.41, 5.74) is 6.32. The summed E-state index contributed by atoms with van der Waals surface area (Å²) in [5.74, 6) is 1.55. The normalized spacial score (nSPS) is 11.9. The summed E-state index contributed by atoms with van der Waals surface area (Å²) < 4.78 is 5.46. The quantitative estimate of drug-likeness (QED) is 0.741. The van der Waals surface area contributed by atoms with Gasteiger partial charge in [-0.3, -0.25) is 4.79 Å². The summed E-state index contributed by atoms with van der Waals surface area (Å²) in [7, 11) is 0. The zero-order chi connectivity index (χ0) is 13.4. The summed E-state index contributed by atoms with van der Waals surface area (Å²) in [6.45, 7) is 2.33. The number of amides is 1. The first-order valence-electron chi connectivity index (χ1n) is 5.89. The van der Waals surface area contributed by atoms with Crippen molar-refractivity contribution in [3.05, 3.63) is 24.3 Å². The second kappa shape index (κ2) is 7.87. The number of nitrogens with two attached hydrogens (primary N) is 1. The first-order valence-corrected chi connectivity index (χ1v) is 7.28. The molecule has 0 aromatic heterocycles. The monoisotopic (exact) mass is 268 g/mol. The number of carbonyl (C=O) groups is 1. The van der Waals surface area contributed by atoms with E-state index in [-0.39, 0.29) is 11.9 Å². The Morgan fingerprint density at radius 3 is 2.89 bits per heavy atom. The van der Waals surface area contributed by atoms with Gasteiger partial charge in [-0.2, -0.15) is 11.8 Å². The predicted molar refractivity (Wildman–Crippen MR) is 77.0 cm³/mol. The van der Waals surface area contributed by atoms with Crippen molar-refractivity contribution >= 4 is 23.4 Å². The SMILES string of the molecule is CSCC(C)NC(=O)CCOc1ccccc1N. The van der Waals surface area contributed by atoms with Gasteiger partial charge >= 0.3 is 0 Å². The van der Waals surface area contributed by atoms with Crippen molar-refractivity contribution in [3.63, 3.8) is 0 Å². The van der Waals surface area contributed by atoms with E-state index in [1.807, 2.05) is 25.3 Å². The second-order valence-electron chi connectivity index (χ2n) is 4.06. The summed E-state index contributed by atoms with van der Waals surface area (Å²) in [6, 6.07) is 7.46. The number of nitrogens with one attached hydrogen (secondary N) is 1. The highest BCUT2D eigenvalue weighted by atomic mass is 32.2. The van der Waals surface area contributed by atoms with Crippen molar-refractivity contribution in [1.82, 2.24) is 5.32 Å². The minimum atomic E-state index is 0.00560. The zero-order valence-corrected chi connectivity index (χ0v) is 11.6. The van der Waals surface area contributed by atoms with Crippen LogP contribution >= 0.6 is 11.8 Å². The van der Waals surface area contributed by atoms with Crippen LogP contribution in [-0.2, 0) is 4.79 Å². The Labute approximate surface area is 112 Å². The lowest BCUT2D eigenvalue weighted by Gasteiger charge is -2.13. The highest BCUT2D eigenvalue weighted by molar-refractivity contribution is 7.98. The smallest absolute Gasteiger partial charge is 0.223 e. The topological polar surface area (TPSA) is 64.3 Å². The molecule has 0 saturated carbocycles. The van der Waals surface area contributed by atoms with Gasteiger partial charge in [-0.15, -0.1) is 0 Å². The maximum atomic E-state index is 11.6. The maximum absolute atomic E-state index is 11.6. The van der Waals surface area contributed by atoms with Gasteiger partial charge < -0.3 is 15.8 Å². The molecule has 0 saturated heterocycles. The van der Waals surface area contributed by atoms with Crippen LogP contribution in [0.5, 0.6) is 5.75 Å². The first kappa shape index (κ1) is 14.7. The van der Waals surface area contributed by atoms with Crippen LogP contribution in [0.1, 0.15) is 13.3 Å². The molecule has 0 aliphatic rings. The summed E-state index contributed by atoms with van der Waals surface area (Å²) in [6.07, 6.45) is 2.36. The second-order valence-corrected chi connectivity index (χ2v) is 4.97. The summed E-state index contributed by atoms with van der Waals surface area (Å²) in [5, 5.41) is 2.91. The van der Waals surface area contributed by atoms with Crippen LogP contribution in [0.25, 0.3) is 0 Å². The Hall–Kier alpha value is -1.36. The van der Waals surface area contributed by atoms with Gasteiger partial charge in [0.2, 0.25) is 5.91 Å². The van der Waals surface area contributed by atoms with Gasteiger partial charge in [-0.25, -0.2) is 0 Å². The van der Waals surface area contributed by atoms with Crippen LogP contribution < -0.4 is 15.8 Å². The molecule has 100 valence electrons. The van der Waals surface area contributed by atoms with Gasteiger partial charge in [-0.05, 0) is 25.3 Å². The zero-order valence-electron chi connectivity index (χ0n) is 10.8. The third-order valence-electron chi connectivity index (χ3n) is 2.33. The Bertz CT molecular complexity index is 385. The van der Waals surface area contributed by atoms with Crippen molar-refractivity contribution in [2.24, 2.45) is 0 Å². The fourth-order valence-corrected chi connectivity index (χ4v) is 2.09. The van der Waals surface area contributed by atoms with E-state index >= 15 is 0 Å². The van der Waals surface area contributed by atoms with Crippen LogP contribution in [-0.4, -0.2) is 30.6 Å². The van der Waals surface area contributed by atoms with Crippen molar-refractivity contribution < 1.29 is 9.53 Å². The number of thioether (sulfide) groups is 1. The van der Waals surface area contributed by atoms with E-state index in [2.05, 4.69) is 5.32 Å². The molecule has 1 rings (SSSR count). The average molecular weight is 268 g/mol. The number of ether oxygens (including phenoxy) is 1. The Morgan fingerprint density at radius 2 is 2.22 bits per heavy atom. The van der Waals surface area contributed by atoms with Crippen LogP contribution in [0.4, 0.5) is 5.69 Å². The number of hydrogen-bond donors (Lipinski definition) is 2. The minimum Gasteiger partial charge on any atom is -0.491 e. The van der Waals surface area contributed by atoms with E-state index in [0.717, 1.165) is 5.75 Å². The standard InChI is InChI=1S/C13H20N2O2S/c1-10(9-18-2)15-13(16)7-8-17-12-6-4-3-5-11(12)14/h3-6,10H,7-9,14H2,1-2H3,(H,15,16). The van der Waals surface area contributed by atoms with Crippen LogP contribution in [0.3, 0.4) is 0 Å². The number of carbonyl (C=O) groups excluding carboxylic acids is 1. The molecule has 0 radical (unpaired) electrons. The van der Waals surface area contributed by atoms with Gasteiger partial charge in [0.05, 0.1) is 18.7 Å². The van der Waals surface area contributed by atoms with Gasteiger partial charge in [0.1, 0.15) is 5.75 Å². The first-order chi connectivity index (χ1) is 8.63.